The molecule has 1 aliphatic rings. The van der Waals surface area contributed by atoms with Crippen LogP contribution in [0.3, 0.4) is 0 Å². The van der Waals surface area contributed by atoms with E-state index in [0.29, 0.717) is 18.4 Å². The van der Waals surface area contributed by atoms with Crippen LogP contribution in [0.15, 0.2) is 18.7 Å². The molecule has 1 aliphatic heterocycles. The van der Waals surface area contributed by atoms with Crippen LogP contribution in [-0.2, 0) is 17.8 Å². The van der Waals surface area contributed by atoms with Gasteiger partial charge in [0.2, 0.25) is 0 Å². The topological polar surface area (TPSA) is 57.8 Å². The number of imidazole rings is 1. The molecule has 0 aliphatic carbocycles. The lowest BCUT2D eigenvalue weighted by Gasteiger charge is -2.10. The third kappa shape index (κ3) is 2.90. The maximum atomic E-state index is 5.40. The average Bonchev–Trinajstić information content (AvgIpc) is 3.11. The lowest BCUT2D eigenvalue weighted by atomic mass is 10.1. The minimum absolute atomic E-state index is 0.407. The molecule has 2 aromatic heterocycles. The second-order valence-electron chi connectivity index (χ2n) is 5.83. The fraction of sp³-hybridized carbons (Fsp3) is 0.643. The number of aromatic nitrogens is 5. The van der Waals surface area contributed by atoms with E-state index >= 15 is 0 Å². The highest BCUT2D eigenvalue weighted by atomic mass is 16.5. The summed E-state index contributed by atoms with van der Waals surface area (Å²) in [5.41, 5.74) is 2.20. The van der Waals surface area contributed by atoms with E-state index in [0.717, 1.165) is 37.6 Å². The molecule has 2 aromatic rings. The van der Waals surface area contributed by atoms with Crippen LogP contribution in [0.4, 0.5) is 0 Å². The predicted molar refractivity (Wildman–Crippen MR) is 74.4 cm³/mol. The molecule has 1 saturated heterocycles. The Morgan fingerprint density at radius 2 is 2.35 bits per heavy atom. The molecule has 3 rings (SSSR count). The van der Waals surface area contributed by atoms with Crippen molar-refractivity contribution in [3.63, 3.8) is 0 Å². The van der Waals surface area contributed by atoms with Crippen molar-refractivity contribution in [3.8, 4) is 0 Å². The molecule has 0 saturated carbocycles. The van der Waals surface area contributed by atoms with E-state index in [1.165, 1.54) is 0 Å². The summed E-state index contributed by atoms with van der Waals surface area (Å²) in [6, 6.07) is 0. The van der Waals surface area contributed by atoms with Crippen LogP contribution >= 0.6 is 0 Å². The highest BCUT2D eigenvalue weighted by Crippen LogP contribution is 2.22. The normalized spacial score (nSPS) is 19.1. The van der Waals surface area contributed by atoms with Gasteiger partial charge >= 0.3 is 0 Å². The van der Waals surface area contributed by atoms with Crippen molar-refractivity contribution in [1.29, 1.82) is 0 Å². The van der Waals surface area contributed by atoms with Crippen molar-refractivity contribution in [2.75, 3.05) is 13.2 Å². The van der Waals surface area contributed by atoms with Crippen molar-refractivity contribution < 1.29 is 4.74 Å². The first-order valence-electron chi connectivity index (χ1n) is 7.19. The standard InChI is InChI=1S/C14H21N5O/c1-11(2)6-18-10-15-5-13(18)7-19-8-14(16-17-19)12-3-4-20-9-12/h5,8,10-12H,3-4,6-7,9H2,1-2H3. The second kappa shape index (κ2) is 5.75. The van der Waals surface area contributed by atoms with Gasteiger partial charge in [-0.1, -0.05) is 19.1 Å². The van der Waals surface area contributed by atoms with Gasteiger partial charge in [-0.05, 0) is 12.3 Å². The Hall–Kier alpha value is -1.69. The lowest BCUT2D eigenvalue weighted by molar-refractivity contribution is 0.193. The molecule has 0 radical (unpaired) electrons. The third-order valence-corrected chi connectivity index (χ3v) is 3.59. The maximum Gasteiger partial charge on any atom is 0.0948 e. The van der Waals surface area contributed by atoms with Crippen LogP contribution in [0.25, 0.3) is 0 Å². The van der Waals surface area contributed by atoms with E-state index < -0.39 is 0 Å². The Kier molecular flexibility index (Phi) is 3.82. The second-order valence-corrected chi connectivity index (χ2v) is 5.83. The highest BCUT2D eigenvalue weighted by Gasteiger charge is 2.20. The van der Waals surface area contributed by atoms with Crippen LogP contribution < -0.4 is 0 Å². The monoisotopic (exact) mass is 275 g/mol. The van der Waals surface area contributed by atoms with Gasteiger partial charge in [-0.2, -0.15) is 0 Å². The molecule has 1 atom stereocenters. The quantitative estimate of drug-likeness (QED) is 0.833. The van der Waals surface area contributed by atoms with Crippen LogP contribution in [-0.4, -0.2) is 37.8 Å². The zero-order valence-electron chi connectivity index (χ0n) is 12.1. The van der Waals surface area contributed by atoms with Crippen LogP contribution in [0.5, 0.6) is 0 Å². The smallest absolute Gasteiger partial charge is 0.0948 e. The average molecular weight is 275 g/mol. The molecule has 108 valence electrons. The number of nitrogens with zero attached hydrogens (tertiary/aromatic N) is 5. The van der Waals surface area contributed by atoms with Gasteiger partial charge in [0, 0.05) is 25.3 Å². The first-order chi connectivity index (χ1) is 9.72. The molecule has 1 fully saturated rings. The summed E-state index contributed by atoms with van der Waals surface area (Å²) in [4.78, 5) is 4.24. The van der Waals surface area contributed by atoms with Gasteiger partial charge in [-0.15, -0.1) is 5.10 Å². The van der Waals surface area contributed by atoms with Crippen molar-refractivity contribution in [3.05, 3.63) is 30.1 Å². The van der Waals surface area contributed by atoms with Crippen molar-refractivity contribution in [2.45, 2.75) is 39.3 Å². The molecule has 0 spiro atoms. The number of hydrogen-bond acceptors (Lipinski definition) is 4. The van der Waals surface area contributed by atoms with Gasteiger partial charge in [-0.3, -0.25) is 0 Å². The van der Waals surface area contributed by atoms with Crippen LogP contribution in [0.1, 0.15) is 37.6 Å². The lowest BCUT2D eigenvalue weighted by Crippen LogP contribution is -2.10. The van der Waals surface area contributed by atoms with Gasteiger partial charge < -0.3 is 9.30 Å². The zero-order valence-corrected chi connectivity index (χ0v) is 12.1. The van der Waals surface area contributed by atoms with E-state index in [-0.39, 0.29) is 0 Å². The van der Waals surface area contributed by atoms with E-state index in [1.807, 2.05) is 23.4 Å². The fourth-order valence-electron chi connectivity index (χ4n) is 2.55. The Morgan fingerprint density at radius 1 is 1.45 bits per heavy atom. The van der Waals surface area contributed by atoms with Gasteiger partial charge in [-0.25, -0.2) is 9.67 Å². The molecular formula is C14H21N5O. The van der Waals surface area contributed by atoms with Gasteiger partial charge in [0.05, 0.1) is 37.1 Å². The highest BCUT2D eigenvalue weighted by molar-refractivity contribution is 5.06. The Morgan fingerprint density at radius 3 is 3.10 bits per heavy atom. The van der Waals surface area contributed by atoms with Gasteiger partial charge in [0.25, 0.3) is 0 Å². The third-order valence-electron chi connectivity index (χ3n) is 3.59. The summed E-state index contributed by atoms with van der Waals surface area (Å²) < 4.78 is 9.47. The van der Waals surface area contributed by atoms with Crippen LogP contribution in [0.2, 0.25) is 0 Å². The molecule has 0 aromatic carbocycles. The van der Waals surface area contributed by atoms with Gasteiger partial charge in [0.15, 0.2) is 0 Å². The molecule has 0 N–H and O–H groups in total. The minimum Gasteiger partial charge on any atom is -0.381 e. The predicted octanol–water partition coefficient (Wildman–Crippen LogP) is 1.68. The van der Waals surface area contributed by atoms with Crippen molar-refractivity contribution in [2.24, 2.45) is 5.92 Å². The zero-order chi connectivity index (χ0) is 13.9. The fourth-order valence-corrected chi connectivity index (χ4v) is 2.55. The largest absolute Gasteiger partial charge is 0.381 e. The van der Waals surface area contributed by atoms with E-state index in [9.17, 15) is 0 Å². The molecular weight excluding hydrogens is 254 g/mol. The van der Waals surface area contributed by atoms with Gasteiger partial charge in [0.1, 0.15) is 0 Å². The van der Waals surface area contributed by atoms with Crippen molar-refractivity contribution in [1.82, 2.24) is 24.5 Å². The SMILES string of the molecule is CC(C)Cn1cncc1Cn1cc(C2CCOC2)nn1. The number of ether oxygens (including phenoxy) is 1. The molecule has 20 heavy (non-hydrogen) atoms. The molecule has 3 heterocycles. The summed E-state index contributed by atoms with van der Waals surface area (Å²) in [6.45, 7) is 7.71. The molecule has 0 amide bonds. The number of rotatable bonds is 5. The number of hydrogen-bond donors (Lipinski definition) is 0. The van der Waals surface area contributed by atoms with E-state index in [1.54, 1.807) is 0 Å². The van der Waals surface area contributed by atoms with Crippen LogP contribution in [0, 0.1) is 5.92 Å². The summed E-state index contributed by atoms with van der Waals surface area (Å²) >= 11 is 0. The van der Waals surface area contributed by atoms with E-state index in [2.05, 4.69) is 33.7 Å². The Balaban J connectivity index is 1.70. The minimum atomic E-state index is 0.407. The maximum absolute atomic E-state index is 5.40. The summed E-state index contributed by atoms with van der Waals surface area (Å²) in [7, 11) is 0. The molecule has 1 unspecified atom stereocenters. The molecule has 6 heteroatoms. The molecule has 6 nitrogen and oxygen atoms in total. The first-order valence-corrected chi connectivity index (χ1v) is 7.19. The Bertz CT molecular complexity index is 553. The summed E-state index contributed by atoms with van der Waals surface area (Å²) in [6.07, 6.45) is 6.87. The first kappa shape index (κ1) is 13.3. The molecule has 0 bridgehead atoms. The van der Waals surface area contributed by atoms with E-state index in [4.69, 9.17) is 4.74 Å². The summed E-state index contributed by atoms with van der Waals surface area (Å²) in [5.74, 6) is 1.01. The summed E-state index contributed by atoms with van der Waals surface area (Å²) in [5, 5.41) is 8.50. The Labute approximate surface area is 118 Å². The van der Waals surface area contributed by atoms with Crippen molar-refractivity contribution >= 4 is 0 Å².